The third kappa shape index (κ3) is 4.53. The predicted molar refractivity (Wildman–Crippen MR) is 67.6 cm³/mol. The minimum atomic E-state index is -2.98. The van der Waals surface area contributed by atoms with Crippen molar-refractivity contribution >= 4 is 21.6 Å². The van der Waals surface area contributed by atoms with Gasteiger partial charge in [0.2, 0.25) is 5.95 Å². The maximum Gasteiger partial charge on any atom is 0.239 e. The van der Waals surface area contributed by atoms with E-state index in [1.54, 1.807) is 18.0 Å². The first-order valence-corrected chi connectivity index (χ1v) is 7.09. The van der Waals surface area contributed by atoms with Crippen LogP contribution in [0.4, 0.5) is 11.8 Å². The second kappa shape index (κ2) is 5.28. The van der Waals surface area contributed by atoms with Gasteiger partial charge in [-0.2, -0.15) is 4.98 Å². The highest BCUT2D eigenvalue weighted by Gasteiger charge is 2.09. The summed E-state index contributed by atoms with van der Waals surface area (Å²) in [6.45, 7) is 2.19. The lowest BCUT2D eigenvalue weighted by Crippen LogP contribution is -2.26. The SMILES string of the molecule is Cc1cc(N(C)CCS(C)(=O)=O)nc(NN)n1. The molecule has 0 atom stereocenters. The summed E-state index contributed by atoms with van der Waals surface area (Å²) < 4.78 is 22.1. The average Bonchev–Trinajstić information content (AvgIpc) is 2.23. The Kier molecular flexibility index (Phi) is 4.24. The Balaban J connectivity index is 2.81. The monoisotopic (exact) mass is 259 g/mol. The topological polar surface area (TPSA) is 101 Å². The molecule has 0 aromatic carbocycles. The van der Waals surface area contributed by atoms with E-state index in [9.17, 15) is 8.42 Å². The summed E-state index contributed by atoms with van der Waals surface area (Å²) in [5.74, 6) is 6.27. The number of nitrogen functional groups attached to an aromatic ring is 1. The maximum atomic E-state index is 11.1. The van der Waals surface area contributed by atoms with Crippen molar-refractivity contribution in [2.75, 3.05) is 35.9 Å². The quantitative estimate of drug-likeness (QED) is 0.545. The molecular weight excluding hydrogens is 242 g/mol. The van der Waals surface area contributed by atoms with Crippen LogP contribution in [-0.4, -0.2) is 44.0 Å². The van der Waals surface area contributed by atoms with Crippen molar-refractivity contribution in [1.29, 1.82) is 0 Å². The number of aryl methyl sites for hydroxylation is 1. The van der Waals surface area contributed by atoms with E-state index in [1.165, 1.54) is 6.26 Å². The van der Waals surface area contributed by atoms with Crippen LogP contribution in [-0.2, 0) is 9.84 Å². The van der Waals surface area contributed by atoms with Crippen LogP contribution in [0.3, 0.4) is 0 Å². The van der Waals surface area contributed by atoms with Gasteiger partial charge in [0.15, 0.2) is 0 Å². The summed E-state index contributed by atoms with van der Waals surface area (Å²) in [4.78, 5) is 9.93. The summed E-state index contributed by atoms with van der Waals surface area (Å²) in [5, 5.41) is 0. The predicted octanol–water partition coefficient (Wildman–Crippen LogP) is -0.449. The van der Waals surface area contributed by atoms with Gasteiger partial charge in [-0.1, -0.05) is 0 Å². The first kappa shape index (κ1) is 13.7. The molecule has 1 aromatic heterocycles. The summed E-state index contributed by atoms with van der Waals surface area (Å²) in [5.41, 5.74) is 3.13. The standard InChI is InChI=1S/C9H17N5O2S/c1-7-6-8(12-9(11-7)13-10)14(2)4-5-17(3,15)16/h6H,4-5,10H2,1-3H3,(H,11,12,13). The van der Waals surface area contributed by atoms with E-state index in [0.717, 1.165) is 5.69 Å². The Labute approximate surface area is 101 Å². The van der Waals surface area contributed by atoms with Crippen molar-refractivity contribution < 1.29 is 8.42 Å². The summed E-state index contributed by atoms with van der Waals surface area (Å²) >= 11 is 0. The summed E-state index contributed by atoms with van der Waals surface area (Å²) in [7, 11) is -1.21. The lowest BCUT2D eigenvalue weighted by molar-refractivity contribution is 0.601. The van der Waals surface area contributed by atoms with Crippen molar-refractivity contribution in [1.82, 2.24) is 9.97 Å². The molecule has 0 amide bonds. The van der Waals surface area contributed by atoms with Gasteiger partial charge in [-0.25, -0.2) is 19.2 Å². The van der Waals surface area contributed by atoms with E-state index in [-0.39, 0.29) is 5.75 Å². The molecule has 0 aliphatic rings. The summed E-state index contributed by atoms with van der Waals surface area (Å²) in [6.07, 6.45) is 1.21. The van der Waals surface area contributed by atoms with Crippen molar-refractivity contribution in [3.63, 3.8) is 0 Å². The number of rotatable bonds is 5. The fraction of sp³-hybridized carbons (Fsp3) is 0.556. The van der Waals surface area contributed by atoms with Gasteiger partial charge >= 0.3 is 0 Å². The van der Waals surface area contributed by atoms with E-state index in [1.807, 2.05) is 6.92 Å². The maximum absolute atomic E-state index is 11.1. The van der Waals surface area contributed by atoms with Gasteiger partial charge in [0, 0.05) is 31.6 Å². The zero-order valence-corrected chi connectivity index (χ0v) is 11.0. The number of hydrazine groups is 1. The molecule has 0 saturated heterocycles. The van der Waals surface area contributed by atoms with Crippen LogP contribution in [0.2, 0.25) is 0 Å². The molecule has 1 heterocycles. The second-order valence-corrected chi connectivity index (χ2v) is 6.15. The van der Waals surface area contributed by atoms with Crippen LogP contribution in [0.25, 0.3) is 0 Å². The Morgan fingerprint density at radius 3 is 2.65 bits per heavy atom. The molecule has 0 unspecified atom stereocenters. The normalized spacial score (nSPS) is 11.3. The Morgan fingerprint density at radius 2 is 2.12 bits per heavy atom. The Morgan fingerprint density at radius 1 is 1.47 bits per heavy atom. The molecular formula is C9H17N5O2S. The molecule has 1 rings (SSSR count). The van der Waals surface area contributed by atoms with Crippen molar-refractivity contribution in [3.05, 3.63) is 11.8 Å². The van der Waals surface area contributed by atoms with Gasteiger partial charge in [-0.15, -0.1) is 0 Å². The lowest BCUT2D eigenvalue weighted by Gasteiger charge is -2.18. The van der Waals surface area contributed by atoms with Gasteiger partial charge in [0.05, 0.1) is 5.75 Å². The average molecular weight is 259 g/mol. The molecule has 0 spiro atoms. The molecule has 3 N–H and O–H groups in total. The molecule has 1 aromatic rings. The van der Waals surface area contributed by atoms with E-state index >= 15 is 0 Å². The number of nitrogens with zero attached hydrogens (tertiary/aromatic N) is 3. The van der Waals surface area contributed by atoms with E-state index in [0.29, 0.717) is 18.3 Å². The molecule has 0 aliphatic carbocycles. The van der Waals surface area contributed by atoms with E-state index in [4.69, 9.17) is 5.84 Å². The van der Waals surface area contributed by atoms with E-state index in [2.05, 4.69) is 15.4 Å². The van der Waals surface area contributed by atoms with Gasteiger partial charge in [-0.3, -0.25) is 5.43 Å². The van der Waals surface area contributed by atoms with Gasteiger partial charge in [0.1, 0.15) is 15.7 Å². The highest BCUT2D eigenvalue weighted by atomic mass is 32.2. The molecule has 8 heteroatoms. The van der Waals surface area contributed by atoms with E-state index < -0.39 is 9.84 Å². The molecule has 0 radical (unpaired) electrons. The zero-order valence-electron chi connectivity index (χ0n) is 10.1. The smallest absolute Gasteiger partial charge is 0.239 e. The number of aromatic nitrogens is 2. The molecule has 17 heavy (non-hydrogen) atoms. The highest BCUT2D eigenvalue weighted by Crippen LogP contribution is 2.12. The molecule has 0 aliphatic heterocycles. The van der Waals surface area contributed by atoms with Crippen molar-refractivity contribution in [3.8, 4) is 0 Å². The third-order valence-electron chi connectivity index (χ3n) is 2.16. The van der Waals surface area contributed by atoms with Crippen LogP contribution in [0.15, 0.2) is 6.07 Å². The highest BCUT2D eigenvalue weighted by molar-refractivity contribution is 7.90. The Hall–Kier alpha value is -1.41. The fourth-order valence-electron chi connectivity index (χ4n) is 1.23. The molecule has 0 bridgehead atoms. The minimum Gasteiger partial charge on any atom is -0.358 e. The van der Waals surface area contributed by atoms with Crippen molar-refractivity contribution in [2.24, 2.45) is 5.84 Å². The Bertz CT molecular complexity index is 488. The largest absolute Gasteiger partial charge is 0.358 e. The van der Waals surface area contributed by atoms with Crippen LogP contribution < -0.4 is 16.2 Å². The first-order chi connectivity index (χ1) is 7.81. The number of hydrogen-bond donors (Lipinski definition) is 2. The van der Waals surface area contributed by atoms with Crippen LogP contribution in [0, 0.1) is 6.92 Å². The summed E-state index contributed by atoms with van der Waals surface area (Å²) in [6, 6.07) is 1.77. The van der Waals surface area contributed by atoms with Gasteiger partial charge in [0.25, 0.3) is 0 Å². The molecule has 0 saturated carbocycles. The molecule has 0 fully saturated rings. The van der Waals surface area contributed by atoms with Gasteiger partial charge in [-0.05, 0) is 6.92 Å². The third-order valence-corrected chi connectivity index (χ3v) is 3.08. The minimum absolute atomic E-state index is 0.0813. The van der Waals surface area contributed by atoms with Crippen LogP contribution in [0.5, 0.6) is 0 Å². The number of sulfone groups is 1. The fourth-order valence-corrected chi connectivity index (χ4v) is 1.83. The second-order valence-electron chi connectivity index (χ2n) is 3.89. The number of nitrogens with one attached hydrogen (secondary N) is 1. The van der Waals surface area contributed by atoms with Crippen LogP contribution >= 0.6 is 0 Å². The lowest BCUT2D eigenvalue weighted by atomic mass is 10.4. The van der Waals surface area contributed by atoms with Crippen molar-refractivity contribution in [2.45, 2.75) is 6.92 Å². The number of anilines is 2. The zero-order chi connectivity index (χ0) is 13.1. The molecule has 7 nitrogen and oxygen atoms in total. The van der Waals surface area contributed by atoms with Gasteiger partial charge < -0.3 is 4.90 Å². The first-order valence-electron chi connectivity index (χ1n) is 5.03. The number of hydrogen-bond acceptors (Lipinski definition) is 7. The number of nitrogens with two attached hydrogens (primary N) is 1. The molecule has 96 valence electrons. The van der Waals surface area contributed by atoms with Crippen LogP contribution in [0.1, 0.15) is 5.69 Å².